The van der Waals surface area contributed by atoms with Crippen LogP contribution in [-0.4, -0.2) is 80.2 Å². The number of pyridine rings is 1. The zero-order valence-corrected chi connectivity index (χ0v) is 15.4. The minimum absolute atomic E-state index is 0.0764. The molecule has 1 aromatic heterocycles. The van der Waals surface area contributed by atoms with Crippen LogP contribution in [0.25, 0.3) is 0 Å². The van der Waals surface area contributed by atoms with Crippen molar-refractivity contribution in [1.29, 1.82) is 0 Å². The van der Waals surface area contributed by atoms with E-state index in [1.165, 1.54) is 0 Å². The van der Waals surface area contributed by atoms with E-state index in [0.717, 1.165) is 63.5 Å². The third kappa shape index (κ3) is 5.31. The lowest BCUT2D eigenvalue weighted by Gasteiger charge is -2.33. The molecule has 3 rings (SSSR count). The maximum absolute atomic E-state index is 12.1. The van der Waals surface area contributed by atoms with Gasteiger partial charge in [0.05, 0.1) is 0 Å². The molecule has 0 saturated carbocycles. The Morgan fingerprint density at radius 3 is 2.52 bits per heavy atom. The topological polar surface area (TPSA) is 63.7 Å². The third-order valence-electron chi connectivity index (χ3n) is 5.14. The second-order valence-corrected chi connectivity index (χ2v) is 7.22. The molecule has 2 fully saturated rings. The fraction of sp³-hybridized carbons (Fsp3) is 0.667. The number of piperidine rings is 1. The highest BCUT2D eigenvalue weighted by atomic mass is 16.2. The smallest absolute Gasteiger partial charge is 0.315 e. The van der Waals surface area contributed by atoms with E-state index in [1.807, 2.05) is 12.3 Å². The van der Waals surface area contributed by atoms with E-state index in [9.17, 15) is 4.79 Å². The Morgan fingerprint density at radius 1 is 1.12 bits per heavy atom. The van der Waals surface area contributed by atoms with Gasteiger partial charge in [0.15, 0.2) is 0 Å². The van der Waals surface area contributed by atoms with Crippen LogP contribution in [0.5, 0.6) is 0 Å². The first-order valence-corrected chi connectivity index (χ1v) is 9.21. The number of aromatic nitrogens is 1. The second kappa shape index (κ2) is 8.49. The van der Waals surface area contributed by atoms with Crippen LogP contribution in [-0.2, 0) is 6.54 Å². The normalized spacial score (nSPS) is 20.5. The lowest BCUT2D eigenvalue weighted by molar-refractivity contribution is 0.213. The molecule has 0 bridgehead atoms. The minimum atomic E-state index is -0.0764. The highest BCUT2D eigenvalue weighted by Crippen LogP contribution is 2.14. The predicted octanol–water partition coefficient (Wildman–Crippen LogP) is 0.727. The molecule has 0 aromatic carbocycles. The van der Waals surface area contributed by atoms with Crippen molar-refractivity contribution in [3.8, 4) is 0 Å². The molecule has 138 valence electrons. The molecule has 2 saturated heterocycles. The lowest BCUT2D eigenvalue weighted by atomic mass is 10.1. The van der Waals surface area contributed by atoms with Gasteiger partial charge >= 0.3 is 6.03 Å². The standard InChI is InChI=1S/C18H30N6O/c1-22-7-4-16(5-8-22)21-18(25)20-14-15-3-6-19-17(13-15)24-11-9-23(2)10-12-24/h3,6,13,16H,4-5,7-12,14H2,1-2H3,(H2,20,21,25). The average Bonchev–Trinajstić information content (AvgIpc) is 2.63. The average molecular weight is 346 g/mol. The summed E-state index contributed by atoms with van der Waals surface area (Å²) in [4.78, 5) is 23.5. The Hall–Kier alpha value is -1.86. The zero-order chi connectivity index (χ0) is 17.6. The first kappa shape index (κ1) is 17.9. The molecule has 0 radical (unpaired) electrons. The largest absolute Gasteiger partial charge is 0.354 e. The summed E-state index contributed by atoms with van der Waals surface area (Å²) in [5.74, 6) is 1.00. The van der Waals surface area contributed by atoms with Crippen molar-refractivity contribution >= 4 is 11.8 Å². The van der Waals surface area contributed by atoms with Gasteiger partial charge in [-0.3, -0.25) is 0 Å². The molecular weight excluding hydrogens is 316 g/mol. The molecule has 1 aromatic rings. The van der Waals surface area contributed by atoms with Gasteiger partial charge in [-0.25, -0.2) is 9.78 Å². The zero-order valence-electron chi connectivity index (χ0n) is 15.4. The maximum Gasteiger partial charge on any atom is 0.315 e. The van der Waals surface area contributed by atoms with Gasteiger partial charge in [-0.1, -0.05) is 0 Å². The molecule has 7 nitrogen and oxygen atoms in total. The molecule has 7 heteroatoms. The minimum Gasteiger partial charge on any atom is -0.354 e. The van der Waals surface area contributed by atoms with Crippen LogP contribution in [0.15, 0.2) is 18.3 Å². The number of carbonyl (C=O) groups is 1. The van der Waals surface area contributed by atoms with Gasteiger partial charge in [0, 0.05) is 45.0 Å². The van der Waals surface area contributed by atoms with Gasteiger partial charge in [-0.05, 0) is 57.7 Å². The van der Waals surface area contributed by atoms with E-state index in [1.54, 1.807) is 0 Å². The number of carbonyl (C=O) groups excluding carboxylic acids is 1. The fourth-order valence-corrected chi connectivity index (χ4v) is 3.35. The molecule has 2 aliphatic rings. The van der Waals surface area contributed by atoms with Crippen molar-refractivity contribution in [2.24, 2.45) is 0 Å². The Bertz CT molecular complexity index is 564. The van der Waals surface area contributed by atoms with Crippen LogP contribution in [0, 0.1) is 0 Å². The van der Waals surface area contributed by atoms with Crippen LogP contribution >= 0.6 is 0 Å². The number of rotatable bonds is 4. The van der Waals surface area contributed by atoms with Gasteiger partial charge in [-0.15, -0.1) is 0 Å². The fourth-order valence-electron chi connectivity index (χ4n) is 3.35. The lowest BCUT2D eigenvalue weighted by Crippen LogP contribution is -2.47. The van der Waals surface area contributed by atoms with E-state index in [2.05, 4.69) is 50.5 Å². The van der Waals surface area contributed by atoms with Crippen LogP contribution in [0.4, 0.5) is 10.6 Å². The number of piperazine rings is 1. The molecule has 2 N–H and O–H groups in total. The maximum atomic E-state index is 12.1. The summed E-state index contributed by atoms with van der Waals surface area (Å²) in [6.45, 7) is 6.73. The predicted molar refractivity (Wildman–Crippen MR) is 99.8 cm³/mol. The summed E-state index contributed by atoms with van der Waals surface area (Å²) in [5, 5.41) is 6.06. The number of amides is 2. The highest BCUT2D eigenvalue weighted by Gasteiger charge is 2.18. The van der Waals surface area contributed by atoms with E-state index in [-0.39, 0.29) is 12.1 Å². The van der Waals surface area contributed by atoms with Crippen molar-refractivity contribution in [3.05, 3.63) is 23.9 Å². The van der Waals surface area contributed by atoms with Gasteiger partial charge in [0.1, 0.15) is 5.82 Å². The van der Waals surface area contributed by atoms with Crippen molar-refractivity contribution in [1.82, 2.24) is 25.4 Å². The molecule has 0 spiro atoms. The Morgan fingerprint density at radius 2 is 1.80 bits per heavy atom. The molecular formula is C18H30N6O. The van der Waals surface area contributed by atoms with Gasteiger partial charge in [-0.2, -0.15) is 0 Å². The van der Waals surface area contributed by atoms with Gasteiger partial charge in [0.2, 0.25) is 0 Å². The first-order chi connectivity index (χ1) is 12.1. The highest BCUT2D eigenvalue weighted by molar-refractivity contribution is 5.74. The number of likely N-dealkylation sites (tertiary alicyclic amines) is 1. The molecule has 0 aliphatic carbocycles. The van der Waals surface area contributed by atoms with Crippen molar-refractivity contribution in [2.45, 2.75) is 25.4 Å². The van der Waals surface area contributed by atoms with Crippen molar-refractivity contribution in [2.75, 3.05) is 58.3 Å². The summed E-state index contributed by atoms with van der Waals surface area (Å²) in [7, 11) is 4.27. The number of likely N-dealkylation sites (N-methyl/N-ethyl adjacent to an activating group) is 1. The first-order valence-electron chi connectivity index (χ1n) is 9.21. The third-order valence-corrected chi connectivity index (χ3v) is 5.14. The van der Waals surface area contributed by atoms with Gasteiger partial charge < -0.3 is 25.3 Å². The van der Waals surface area contributed by atoms with E-state index >= 15 is 0 Å². The number of anilines is 1. The number of nitrogens with zero attached hydrogens (tertiary/aromatic N) is 4. The van der Waals surface area contributed by atoms with Gasteiger partial charge in [0.25, 0.3) is 0 Å². The van der Waals surface area contributed by atoms with E-state index in [4.69, 9.17) is 0 Å². The Kier molecular flexibility index (Phi) is 6.09. The summed E-state index contributed by atoms with van der Waals surface area (Å²) in [6.07, 6.45) is 3.87. The van der Waals surface area contributed by atoms with E-state index in [0.29, 0.717) is 6.54 Å². The number of nitrogens with one attached hydrogen (secondary N) is 2. The number of urea groups is 1. The molecule has 25 heavy (non-hydrogen) atoms. The molecule has 2 aliphatic heterocycles. The summed E-state index contributed by atoms with van der Waals surface area (Å²) in [5.41, 5.74) is 1.09. The van der Waals surface area contributed by atoms with E-state index < -0.39 is 0 Å². The quantitative estimate of drug-likeness (QED) is 0.841. The molecule has 2 amide bonds. The Balaban J connectivity index is 1.46. The SMILES string of the molecule is CN1CCC(NC(=O)NCc2ccnc(N3CCN(C)CC3)c2)CC1. The monoisotopic (exact) mass is 346 g/mol. The van der Waals surface area contributed by atoms with Crippen LogP contribution in [0.3, 0.4) is 0 Å². The van der Waals surface area contributed by atoms with Crippen LogP contribution in [0.2, 0.25) is 0 Å². The summed E-state index contributed by atoms with van der Waals surface area (Å²) in [6, 6.07) is 4.26. The van der Waals surface area contributed by atoms with Crippen molar-refractivity contribution in [3.63, 3.8) is 0 Å². The molecule has 0 atom stereocenters. The summed E-state index contributed by atoms with van der Waals surface area (Å²) >= 11 is 0. The van der Waals surface area contributed by atoms with Crippen LogP contribution in [0.1, 0.15) is 18.4 Å². The summed E-state index contributed by atoms with van der Waals surface area (Å²) < 4.78 is 0. The Labute approximate surface area is 150 Å². The molecule has 0 unspecified atom stereocenters. The van der Waals surface area contributed by atoms with Crippen molar-refractivity contribution < 1.29 is 4.79 Å². The number of hydrogen-bond donors (Lipinski definition) is 2. The second-order valence-electron chi connectivity index (χ2n) is 7.22. The number of hydrogen-bond acceptors (Lipinski definition) is 5. The van der Waals surface area contributed by atoms with Crippen LogP contribution < -0.4 is 15.5 Å². The molecule has 3 heterocycles.